The van der Waals surface area contributed by atoms with E-state index >= 15 is 0 Å². The smallest absolute Gasteiger partial charge is 0.302 e. The summed E-state index contributed by atoms with van der Waals surface area (Å²) in [6.07, 6.45) is 1.70. The molecule has 1 aromatic carbocycles. The fourth-order valence-electron chi connectivity index (χ4n) is 2.55. The maximum absolute atomic E-state index is 11.0. The lowest BCUT2D eigenvalue weighted by Gasteiger charge is -2.07. The number of hydrogen-bond acceptors (Lipinski definition) is 7. The van der Waals surface area contributed by atoms with Crippen molar-refractivity contribution in [1.29, 1.82) is 0 Å². The number of thiazole rings is 1. The van der Waals surface area contributed by atoms with E-state index in [9.17, 15) is 4.79 Å². The molecule has 7 heteroatoms. The maximum atomic E-state index is 11.0. The molecule has 1 N–H and O–H groups in total. The van der Waals surface area contributed by atoms with Gasteiger partial charge in [0.1, 0.15) is 17.3 Å². The normalized spacial score (nSPS) is 10.6. The van der Waals surface area contributed by atoms with Gasteiger partial charge in [-0.15, -0.1) is 11.3 Å². The summed E-state index contributed by atoms with van der Waals surface area (Å²) in [4.78, 5) is 25.3. The van der Waals surface area contributed by atoms with Gasteiger partial charge in [-0.05, 0) is 50.1 Å². The summed E-state index contributed by atoms with van der Waals surface area (Å²) in [6, 6.07) is 8.04. The summed E-state index contributed by atoms with van der Waals surface area (Å²) in [5, 5.41) is 4.02. The molecule has 3 rings (SSSR count). The molecular formula is C19H20N4O2S. The van der Waals surface area contributed by atoms with Crippen molar-refractivity contribution in [2.24, 2.45) is 0 Å². The number of esters is 1. The van der Waals surface area contributed by atoms with E-state index < -0.39 is 0 Å². The van der Waals surface area contributed by atoms with Gasteiger partial charge in [0.25, 0.3) is 0 Å². The fraction of sp³-hybridized carbons (Fsp3) is 0.263. The predicted molar refractivity (Wildman–Crippen MR) is 103 cm³/mol. The number of hydrogen-bond donors (Lipinski definition) is 1. The molecule has 0 radical (unpaired) electrons. The quantitative estimate of drug-likeness (QED) is 0.675. The summed E-state index contributed by atoms with van der Waals surface area (Å²) in [5.74, 6) is 0.211. The summed E-state index contributed by atoms with van der Waals surface area (Å²) in [7, 11) is 0. The van der Waals surface area contributed by atoms with Crippen LogP contribution in [0.2, 0.25) is 0 Å². The fourth-order valence-corrected chi connectivity index (χ4v) is 3.50. The molecule has 6 nitrogen and oxygen atoms in total. The zero-order chi connectivity index (χ0) is 18.7. The second-order valence-electron chi connectivity index (χ2n) is 6.07. The Kier molecular flexibility index (Phi) is 5.27. The van der Waals surface area contributed by atoms with Crippen molar-refractivity contribution in [3.05, 3.63) is 52.2 Å². The Bertz CT molecular complexity index is 932. The molecule has 0 amide bonds. The van der Waals surface area contributed by atoms with Crippen LogP contribution in [0, 0.1) is 20.8 Å². The lowest BCUT2D eigenvalue weighted by molar-refractivity contribution is -0.142. The molecule has 0 spiro atoms. The number of ether oxygens (including phenoxy) is 1. The lowest BCUT2D eigenvalue weighted by atomic mass is 10.1. The number of anilines is 2. The molecule has 2 heterocycles. The molecule has 0 unspecified atom stereocenters. The second-order valence-corrected chi connectivity index (χ2v) is 7.16. The highest BCUT2D eigenvalue weighted by molar-refractivity contribution is 7.15. The van der Waals surface area contributed by atoms with Crippen LogP contribution in [0.5, 0.6) is 0 Å². The van der Waals surface area contributed by atoms with Gasteiger partial charge >= 0.3 is 5.97 Å². The maximum Gasteiger partial charge on any atom is 0.302 e. The monoisotopic (exact) mass is 368 g/mol. The molecule has 0 aliphatic carbocycles. The first-order valence-electron chi connectivity index (χ1n) is 8.19. The van der Waals surface area contributed by atoms with E-state index in [0.29, 0.717) is 5.95 Å². The number of carbonyl (C=O) groups is 1. The molecule has 0 aliphatic rings. The number of nitrogens with zero attached hydrogens (tertiary/aromatic N) is 3. The molecule has 2 aromatic heterocycles. The number of nitrogens with one attached hydrogen (secondary N) is 1. The van der Waals surface area contributed by atoms with Crippen LogP contribution in [0.4, 0.5) is 11.6 Å². The van der Waals surface area contributed by atoms with E-state index in [-0.39, 0.29) is 12.6 Å². The highest BCUT2D eigenvalue weighted by Crippen LogP contribution is 2.28. The molecule has 0 saturated carbocycles. The first-order valence-corrected chi connectivity index (χ1v) is 9.01. The van der Waals surface area contributed by atoms with E-state index in [0.717, 1.165) is 27.0 Å². The SMILES string of the molecule is CC(=O)OCc1sc(-c2ccnc(Nc3cc(C)cc(C)c3)n2)nc1C. The Labute approximate surface area is 156 Å². The van der Waals surface area contributed by atoms with Gasteiger partial charge in [0.05, 0.1) is 10.6 Å². The van der Waals surface area contributed by atoms with Gasteiger partial charge in [-0.25, -0.2) is 15.0 Å². The van der Waals surface area contributed by atoms with Crippen molar-refractivity contribution in [3.8, 4) is 10.7 Å². The van der Waals surface area contributed by atoms with Crippen LogP contribution in [0.25, 0.3) is 10.7 Å². The Morgan fingerprint density at radius 2 is 1.88 bits per heavy atom. The van der Waals surface area contributed by atoms with Gasteiger partial charge < -0.3 is 10.1 Å². The predicted octanol–water partition coefficient (Wildman–Crippen LogP) is 4.33. The van der Waals surface area contributed by atoms with Gasteiger partial charge in [-0.2, -0.15) is 0 Å². The van der Waals surface area contributed by atoms with E-state index in [1.165, 1.54) is 29.4 Å². The van der Waals surface area contributed by atoms with Crippen molar-refractivity contribution in [2.75, 3.05) is 5.32 Å². The van der Waals surface area contributed by atoms with Gasteiger partial charge in [-0.1, -0.05) is 6.07 Å². The summed E-state index contributed by atoms with van der Waals surface area (Å²) in [5.41, 5.74) is 4.87. The molecule has 0 saturated heterocycles. The van der Waals surface area contributed by atoms with Gasteiger partial charge in [0.15, 0.2) is 0 Å². The highest BCUT2D eigenvalue weighted by Gasteiger charge is 2.12. The minimum atomic E-state index is -0.304. The first-order chi connectivity index (χ1) is 12.4. The number of aryl methyl sites for hydroxylation is 3. The Morgan fingerprint density at radius 1 is 1.15 bits per heavy atom. The molecule has 26 heavy (non-hydrogen) atoms. The summed E-state index contributed by atoms with van der Waals surface area (Å²) in [6.45, 7) is 7.63. The van der Waals surface area contributed by atoms with Crippen molar-refractivity contribution >= 4 is 28.9 Å². The minimum absolute atomic E-state index is 0.234. The van der Waals surface area contributed by atoms with Gasteiger partial charge in [0, 0.05) is 18.8 Å². The van der Waals surface area contributed by atoms with Crippen LogP contribution >= 0.6 is 11.3 Å². The summed E-state index contributed by atoms with van der Waals surface area (Å²) < 4.78 is 5.07. The molecule has 0 bridgehead atoms. The van der Waals surface area contributed by atoms with Crippen LogP contribution in [-0.2, 0) is 16.1 Å². The third-order valence-electron chi connectivity index (χ3n) is 3.65. The van der Waals surface area contributed by atoms with Gasteiger partial charge in [0.2, 0.25) is 5.95 Å². The number of rotatable bonds is 5. The van der Waals surface area contributed by atoms with Crippen molar-refractivity contribution in [3.63, 3.8) is 0 Å². The number of benzene rings is 1. The molecule has 3 aromatic rings. The Balaban J connectivity index is 1.83. The van der Waals surface area contributed by atoms with Crippen LogP contribution in [0.3, 0.4) is 0 Å². The zero-order valence-corrected chi connectivity index (χ0v) is 16.0. The molecule has 0 fully saturated rings. The first kappa shape index (κ1) is 18.0. The van der Waals surface area contributed by atoms with Crippen molar-refractivity contribution in [2.45, 2.75) is 34.3 Å². The molecule has 134 valence electrons. The lowest BCUT2D eigenvalue weighted by Crippen LogP contribution is -1.98. The average molecular weight is 368 g/mol. The van der Waals surface area contributed by atoms with E-state index in [2.05, 4.69) is 40.2 Å². The van der Waals surface area contributed by atoms with E-state index in [4.69, 9.17) is 4.74 Å². The summed E-state index contributed by atoms with van der Waals surface area (Å²) >= 11 is 1.47. The molecule has 0 atom stereocenters. The van der Waals surface area contributed by atoms with Gasteiger partial charge in [-0.3, -0.25) is 4.79 Å². The second kappa shape index (κ2) is 7.61. The van der Waals surface area contributed by atoms with Crippen LogP contribution < -0.4 is 5.32 Å². The standard InChI is InChI=1S/C19H20N4O2S/c1-11-7-12(2)9-15(8-11)22-19-20-6-5-16(23-19)18-21-13(3)17(26-18)10-25-14(4)24/h5-9H,10H2,1-4H3,(H,20,22,23). The third-order valence-corrected chi connectivity index (χ3v) is 4.81. The topological polar surface area (TPSA) is 77.0 Å². The Hall–Kier alpha value is -2.80. The molecule has 0 aliphatic heterocycles. The van der Waals surface area contributed by atoms with Crippen LogP contribution in [0.15, 0.2) is 30.5 Å². The number of carbonyl (C=O) groups excluding carboxylic acids is 1. The third kappa shape index (κ3) is 4.43. The minimum Gasteiger partial charge on any atom is -0.460 e. The van der Waals surface area contributed by atoms with Crippen LogP contribution in [0.1, 0.15) is 28.6 Å². The molecular weight excluding hydrogens is 348 g/mol. The van der Waals surface area contributed by atoms with Crippen molar-refractivity contribution < 1.29 is 9.53 Å². The highest BCUT2D eigenvalue weighted by atomic mass is 32.1. The zero-order valence-electron chi connectivity index (χ0n) is 15.2. The van der Waals surface area contributed by atoms with E-state index in [1.807, 2.05) is 25.1 Å². The largest absolute Gasteiger partial charge is 0.460 e. The van der Waals surface area contributed by atoms with Crippen LogP contribution in [-0.4, -0.2) is 20.9 Å². The number of aromatic nitrogens is 3. The van der Waals surface area contributed by atoms with E-state index in [1.54, 1.807) is 6.20 Å². The van der Waals surface area contributed by atoms with Crippen molar-refractivity contribution in [1.82, 2.24) is 15.0 Å². The Morgan fingerprint density at radius 3 is 2.58 bits per heavy atom. The average Bonchev–Trinajstić information content (AvgIpc) is 2.93.